The average Bonchev–Trinajstić information content (AvgIpc) is 2.66. The fourth-order valence-corrected chi connectivity index (χ4v) is 3.34. The van der Waals surface area contributed by atoms with Crippen molar-refractivity contribution in [1.82, 2.24) is 4.90 Å². The molecule has 0 unspecified atom stereocenters. The minimum atomic E-state index is -4.38. The zero-order valence-electron chi connectivity index (χ0n) is 12.7. The monoisotopic (exact) mass is 397 g/mol. The van der Waals surface area contributed by atoms with Crippen LogP contribution in [-0.4, -0.2) is 17.4 Å². The number of hydrogen-bond acceptors (Lipinski definition) is 1. The van der Waals surface area contributed by atoms with Gasteiger partial charge in [-0.2, -0.15) is 13.2 Å². The van der Waals surface area contributed by atoms with Gasteiger partial charge in [0.1, 0.15) is 0 Å². The molecule has 1 aliphatic heterocycles. The quantitative estimate of drug-likeness (QED) is 0.693. The number of carbonyl (C=O) groups excluding carboxylic acids is 1. The second kappa shape index (κ2) is 6.59. The molecule has 6 heteroatoms. The molecule has 1 aliphatic rings. The second-order valence-corrected chi connectivity index (χ2v) is 6.75. The first kappa shape index (κ1) is 17.0. The summed E-state index contributed by atoms with van der Waals surface area (Å²) >= 11 is 3.40. The van der Waals surface area contributed by atoms with E-state index in [1.807, 2.05) is 12.1 Å². The van der Waals surface area contributed by atoms with Gasteiger partial charge in [0.15, 0.2) is 0 Å². The summed E-state index contributed by atoms with van der Waals surface area (Å²) in [5, 5.41) is 0. The van der Waals surface area contributed by atoms with Crippen LogP contribution in [0.5, 0.6) is 0 Å². The van der Waals surface area contributed by atoms with Crippen LogP contribution in [0.4, 0.5) is 13.2 Å². The van der Waals surface area contributed by atoms with Crippen LogP contribution in [0.15, 0.2) is 46.9 Å². The van der Waals surface area contributed by atoms with Gasteiger partial charge >= 0.3 is 6.18 Å². The third kappa shape index (κ3) is 3.64. The number of amides is 1. The van der Waals surface area contributed by atoms with Gasteiger partial charge in [0.2, 0.25) is 0 Å². The molecule has 1 heterocycles. The maximum atomic E-state index is 12.8. The van der Waals surface area contributed by atoms with Gasteiger partial charge in [-0.1, -0.05) is 28.1 Å². The molecule has 126 valence electrons. The molecule has 0 fully saturated rings. The SMILES string of the molecule is O=C1c2ccc(Br)cc2CCCN1Cc1cccc(C(F)(F)F)c1. The van der Waals surface area contributed by atoms with Crippen molar-refractivity contribution in [3.8, 4) is 0 Å². The Kier molecular flexibility index (Phi) is 4.67. The summed E-state index contributed by atoms with van der Waals surface area (Å²) in [6.07, 6.45) is -2.81. The van der Waals surface area contributed by atoms with E-state index < -0.39 is 11.7 Å². The van der Waals surface area contributed by atoms with Gasteiger partial charge in [-0.05, 0) is 54.3 Å². The van der Waals surface area contributed by atoms with E-state index in [-0.39, 0.29) is 12.5 Å². The smallest absolute Gasteiger partial charge is 0.334 e. The van der Waals surface area contributed by atoms with Crippen LogP contribution in [0.1, 0.15) is 33.5 Å². The second-order valence-electron chi connectivity index (χ2n) is 5.83. The Hall–Kier alpha value is -1.82. The van der Waals surface area contributed by atoms with E-state index in [0.717, 1.165) is 35.0 Å². The van der Waals surface area contributed by atoms with Crippen molar-refractivity contribution in [1.29, 1.82) is 0 Å². The summed E-state index contributed by atoms with van der Waals surface area (Å²) in [6.45, 7) is 0.708. The van der Waals surface area contributed by atoms with Crippen molar-refractivity contribution in [2.24, 2.45) is 0 Å². The van der Waals surface area contributed by atoms with Crippen LogP contribution in [0, 0.1) is 0 Å². The van der Waals surface area contributed by atoms with Gasteiger partial charge in [0, 0.05) is 23.1 Å². The lowest BCUT2D eigenvalue weighted by atomic mass is 10.0. The van der Waals surface area contributed by atoms with E-state index in [0.29, 0.717) is 17.7 Å². The molecule has 0 atom stereocenters. The molecule has 0 saturated carbocycles. The first-order valence-corrected chi connectivity index (χ1v) is 8.38. The van der Waals surface area contributed by atoms with Crippen LogP contribution < -0.4 is 0 Å². The first-order valence-electron chi connectivity index (χ1n) is 7.58. The van der Waals surface area contributed by atoms with Gasteiger partial charge < -0.3 is 4.90 Å². The Labute approximate surface area is 146 Å². The topological polar surface area (TPSA) is 20.3 Å². The predicted molar refractivity (Wildman–Crippen MR) is 88.6 cm³/mol. The lowest BCUT2D eigenvalue weighted by molar-refractivity contribution is -0.137. The molecule has 0 bridgehead atoms. The number of fused-ring (bicyclic) bond motifs is 1. The third-order valence-electron chi connectivity index (χ3n) is 4.09. The molecule has 0 aromatic heterocycles. The van der Waals surface area contributed by atoms with E-state index >= 15 is 0 Å². The molecule has 2 nitrogen and oxygen atoms in total. The van der Waals surface area contributed by atoms with Crippen LogP contribution in [0.2, 0.25) is 0 Å². The molecule has 1 amide bonds. The molecule has 0 N–H and O–H groups in total. The molecular weight excluding hydrogens is 383 g/mol. The van der Waals surface area contributed by atoms with E-state index in [1.165, 1.54) is 6.07 Å². The molecule has 0 saturated heterocycles. The van der Waals surface area contributed by atoms with Gasteiger partial charge in [-0.15, -0.1) is 0 Å². The summed E-state index contributed by atoms with van der Waals surface area (Å²) < 4.78 is 39.4. The summed E-state index contributed by atoms with van der Waals surface area (Å²) in [5.74, 6) is -0.132. The van der Waals surface area contributed by atoms with E-state index in [9.17, 15) is 18.0 Å². The highest BCUT2D eigenvalue weighted by atomic mass is 79.9. The molecule has 0 aliphatic carbocycles. The maximum absolute atomic E-state index is 12.8. The lowest BCUT2D eigenvalue weighted by Crippen LogP contribution is -2.30. The third-order valence-corrected chi connectivity index (χ3v) is 4.58. The lowest BCUT2D eigenvalue weighted by Gasteiger charge is -2.21. The summed E-state index contributed by atoms with van der Waals surface area (Å²) in [5.41, 5.74) is 1.40. The molecule has 2 aromatic carbocycles. The Morgan fingerprint density at radius 3 is 2.67 bits per heavy atom. The Morgan fingerprint density at radius 2 is 1.92 bits per heavy atom. The Bertz CT molecular complexity index is 773. The van der Waals surface area contributed by atoms with Crippen LogP contribution in [0.3, 0.4) is 0 Å². The van der Waals surface area contributed by atoms with Crippen molar-refractivity contribution in [2.45, 2.75) is 25.6 Å². The standard InChI is InChI=1S/C18H15BrF3NO/c19-15-6-7-16-13(10-15)4-2-8-23(17(16)24)11-12-3-1-5-14(9-12)18(20,21)22/h1,3,5-7,9-10H,2,4,8,11H2. The van der Waals surface area contributed by atoms with Crippen molar-refractivity contribution in [3.63, 3.8) is 0 Å². The van der Waals surface area contributed by atoms with Gasteiger partial charge in [-0.3, -0.25) is 4.79 Å². The van der Waals surface area contributed by atoms with Gasteiger partial charge in [-0.25, -0.2) is 0 Å². The zero-order chi connectivity index (χ0) is 17.3. The number of rotatable bonds is 2. The highest BCUT2D eigenvalue weighted by Crippen LogP contribution is 2.30. The molecular formula is C18H15BrF3NO. The highest BCUT2D eigenvalue weighted by Gasteiger charge is 2.30. The Balaban J connectivity index is 1.85. The van der Waals surface area contributed by atoms with Crippen LogP contribution in [-0.2, 0) is 19.1 Å². The van der Waals surface area contributed by atoms with E-state index in [1.54, 1.807) is 17.0 Å². The highest BCUT2D eigenvalue weighted by molar-refractivity contribution is 9.10. The number of aryl methyl sites for hydroxylation is 1. The molecule has 2 aromatic rings. The minimum absolute atomic E-state index is 0.132. The van der Waals surface area contributed by atoms with Crippen LogP contribution in [0.25, 0.3) is 0 Å². The summed E-state index contributed by atoms with van der Waals surface area (Å²) in [7, 11) is 0. The molecule has 0 radical (unpaired) electrons. The molecule has 0 spiro atoms. The fraction of sp³-hybridized carbons (Fsp3) is 0.278. The number of hydrogen-bond donors (Lipinski definition) is 0. The van der Waals surface area contributed by atoms with E-state index in [2.05, 4.69) is 15.9 Å². The van der Waals surface area contributed by atoms with Crippen molar-refractivity contribution < 1.29 is 18.0 Å². The maximum Gasteiger partial charge on any atom is 0.416 e. The number of alkyl halides is 3. The number of benzene rings is 2. The largest absolute Gasteiger partial charge is 0.416 e. The van der Waals surface area contributed by atoms with Gasteiger partial charge in [0.05, 0.1) is 5.56 Å². The number of nitrogens with zero attached hydrogens (tertiary/aromatic N) is 1. The summed E-state index contributed by atoms with van der Waals surface area (Å²) in [6, 6.07) is 10.7. The van der Waals surface area contributed by atoms with Crippen LogP contribution >= 0.6 is 15.9 Å². The zero-order valence-corrected chi connectivity index (χ0v) is 14.3. The number of halogens is 4. The molecule has 24 heavy (non-hydrogen) atoms. The Morgan fingerprint density at radius 1 is 1.12 bits per heavy atom. The van der Waals surface area contributed by atoms with Crippen molar-refractivity contribution >= 4 is 21.8 Å². The predicted octanol–water partition coefficient (Wildman–Crippen LogP) is 5.06. The van der Waals surface area contributed by atoms with Crippen molar-refractivity contribution in [2.75, 3.05) is 6.54 Å². The minimum Gasteiger partial charge on any atom is -0.334 e. The van der Waals surface area contributed by atoms with E-state index in [4.69, 9.17) is 0 Å². The van der Waals surface area contributed by atoms with Gasteiger partial charge in [0.25, 0.3) is 5.91 Å². The summed E-state index contributed by atoms with van der Waals surface area (Å²) in [4.78, 5) is 14.3. The normalized spacial score (nSPS) is 15.2. The molecule has 3 rings (SSSR count). The first-order chi connectivity index (χ1) is 11.3. The number of carbonyl (C=O) groups is 1. The average molecular weight is 398 g/mol. The van der Waals surface area contributed by atoms with Crippen molar-refractivity contribution in [3.05, 3.63) is 69.2 Å². The fourth-order valence-electron chi connectivity index (χ4n) is 2.93.